The maximum Gasteiger partial charge on any atom is 0.199 e. The third-order valence-electron chi connectivity index (χ3n) is 2.70. The van der Waals surface area contributed by atoms with E-state index in [1.54, 1.807) is 12.1 Å². The highest BCUT2D eigenvalue weighted by Gasteiger charge is 2.22. The lowest BCUT2D eigenvalue weighted by Crippen LogP contribution is -2.14. The summed E-state index contributed by atoms with van der Waals surface area (Å²) >= 11 is 12.5. The summed E-state index contributed by atoms with van der Waals surface area (Å²) in [5.41, 5.74) is 1.69. The average molecular weight is 295 g/mol. The molecule has 2 N–H and O–H groups in total. The van der Waals surface area contributed by atoms with Gasteiger partial charge in [-0.25, -0.2) is 0 Å². The van der Waals surface area contributed by atoms with E-state index in [1.165, 1.54) is 0 Å². The Balaban J connectivity index is 3.34. The van der Waals surface area contributed by atoms with Gasteiger partial charge in [-0.15, -0.1) is 23.2 Å². The molecule has 0 radical (unpaired) electrons. The van der Waals surface area contributed by atoms with Crippen molar-refractivity contribution in [1.29, 1.82) is 0 Å². The van der Waals surface area contributed by atoms with Gasteiger partial charge in [0.05, 0.1) is 10.8 Å². The highest BCUT2D eigenvalue weighted by molar-refractivity contribution is 7.54. The number of hydrogen-bond acceptors (Lipinski definition) is 2. The molecular formula is C12H17Cl2O2P. The fourth-order valence-electron chi connectivity index (χ4n) is 1.78. The third-order valence-corrected chi connectivity index (χ3v) is 4.59. The summed E-state index contributed by atoms with van der Waals surface area (Å²) < 4.78 is 0. The molecular weight excluding hydrogens is 278 g/mol. The highest BCUT2D eigenvalue weighted by atomic mass is 35.5. The third kappa shape index (κ3) is 3.56. The van der Waals surface area contributed by atoms with Gasteiger partial charge in [-0.3, -0.25) is 0 Å². The van der Waals surface area contributed by atoms with Crippen LogP contribution in [0, 0.1) is 0 Å². The molecule has 0 saturated heterocycles. The normalized spacial score (nSPS) is 15.0. The lowest BCUT2D eigenvalue weighted by Gasteiger charge is -2.21. The molecule has 0 heterocycles. The second-order valence-corrected chi connectivity index (χ2v) is 5.94. The van der Waals surface area contributed by atoms with E-state index in [0.29, 0.717) is 5.30 Å². The number of benzene rings is 1. The first-order valence-electron chi connectivity index (χ1n) is 5.61. The summed E-state index contributed by atoms with van der Waals surface area (Å²) in [7, 11) is -2.14. The molecule has 0 aliphatic carbocycles. The van der Waals surface area contributed by atoms with Crippen LogP contribution in [0.5, 0.6) is 0 Å². The Morgan fingerprint density at radius 1 is 1.12 bits per heavy atom. The van der Waals surface area contributed by atoms with Gasteiger partial charge in [0.1, 0.15) is 0 Å². The standard InChI is InChI=1S/C12H17Cl2O2P/c1-3-9(13)8-6-5-7-11(17(15)16)12(8)10(14)4-2/h5-7,9-10,15-16H,3-4H2,1-2H3. The molecule has 0 spiro atoms. The van der Waals surface area contributed by atoms with Crippen LogP contribution in [-0.2, 0) is 0 Å². The molecule has 0 fully saturated rings. The minimum absolute atomic E-state index is 0.146. The highest BCUT2D eigenvalue weighted by Crippen LogP contribution is 2.38. The molecule has 17 heavy (non-hydrogen) atoms. The summed E-state index contributed by atoms with van der Waals surface area (Å²) in [4.78, 5) is 18.9. The van der Waals surface area contributed by atoms with Crippen molar-refractivity contribution in [1.82, 2.24) is 0 Å². The van der Waals surface area contributed by atoms with Crippen molar-refractivity contribution in [3.63, 3.8) is 0 Å². The number of halogens is 2. The van der Waals surface area contributed by atoms with E-state index >= 15 is 0 Å². The molecule has 2 atom stereocenters. The van der Waals surface area contributed by atoms with Crippen LogP contribution in [0.4, 0.5) is 0 Å². The van der Waals surface area contributed by atoms with Crippen molar-refractivity contribution in [3.05, 3.63) is 29.3 Å². The Labute approximate surface area is 113 Å². The van der Waals surface area contributed by atoms with Crippen LogP contribution in [-0.4, -0.2) is 9.79 Å². The Morgan fingerprint density at radius 2 is 1.71 bits per heavy atom. The predicted molar refractivity (Wildman–Crippen MR) is 75.2 cm³/mol. The van der Waals surface area contributed by atoms with E-state index in [-0.39, 0.29) is 10.8 Å². The first kappa shape index (κ1) is 15.2. The minimum Gasteiger partial charge on any atom is -0.347 e. The van der Waals surface area contributed by atoms with Gasteiger partial charge in [0.15, 0.2) is 8.38 Å². The van der Waals surface area contributed by atoms with E-state index < -0.39 is 8.38 Å². The number of rotatable bonds is 5. The predicted octanol–water partition coefficient (Wildman–Crippen LogP) is 3.99. The molecule has 5 heteroatoms. The second kappa shape index (κ2) is 6.92. The van der Waals surface area contributed by atoms with E-state index in [0.717, 1.165) is 24.0 Å². The van der Waals surface area contributed by atoms with Gasteiger partial charge in [-0.2, -0.15) is 0 Å². The van der Waals surface area contributed by atoms with Crippen molar-refractivity contribution < 1.29 is 9.79 Å². The van der Waals surface area contributed by atoms with Crippen molar-refractivity contribution in [2.45, 2.75) is 37.4 Å². The Hall–Kier alpha value is 0.150. The molecule has 0 saturated carbocycles. The van der Waals surface area contributed by atoms with E-state index in [9.17, 15) is 9.79 Å². The Morgan fingerprint density at radius 3 is 2.18 bits per heavy atom. The molecule has 2 nitrogen and oxygen atoms in total. The fourth-order valence-corrected chi connectivity index (χ4v) is 3.01. The van der Waals surface area contributed by atoms with Crippen LogP contribution >= 0.6 is 31.6 Å². The SMILES string of the molecule is CCC(Cl)c1cccc(P(O)O)c1C(Cl)CC. The maximum absolute atomic E-state index is 9.45. The zero-order chi connectivity index (χ0) is 13.0. The van der Waals surface area contributed by atoms with Crippen LogP contribution in [0.25, 0.3) is 0 Å². The zero-order valence-corrected chi connectivity index (χ0v) is 12.3. The largest absolute Gasteiger partial charge is 0.347 e. The molecule has 96 valence electrons. The maximum atomic E-state index is 9.45. The lowest BCUT2D eigenvalue weighted by molar-refractivity contribution is 0.496. The van der Waals surface area contributed by atoms with Crippen LogP contribution < -0.4 is 5.30 Å². The van der Waals surface area contributed by atoms with Gasteiger partial charge in [0, 0.05) is 5.30 Å². The molecule has 1 aromatic carbocycles. The molecule has 0 aliphatic rings. The van der Waals surface area contributed by atoms with Crippen LogP contribution in [0.3, 0.4) is 0 Å². The van der Waals surface area contributed by atoms with Gasteiger partial charge in [-0.1, -0.05) is 26.0 Å². The van der Waals surface area contributed by atoms with E-state index in [4.69, 9.17) is 23.2 Å². The van der Waals surface area contributed by atoms with Crippen molar-refractivity contribution in [3.8, 4) is 0 Å². The minimum atomic E-state index is -2.14. The van der Waals surface area contributed by atoms with Crippen LogP contribution in [0.1, 0.15) is 48.6 Å². The summed E-state index contributed by atoms with van der Waals surface area (Å²) in [6, 6.07) is 5.40. The van der Waals surface area contributed by atoms with Crippen molar-refractivity contribution in [2.24, 2.45) is 0 Å². The first-order chi connectivity index (χ1) is 8.02. The Bertz CT molecular complexity index is 372. The molecule has 0 amide bonds. The zero-order valence-electron chi connectivity index (χ0n) is 9.90. The van der Waals surface area contributed by atoms with Gasteiger partial charge in [0.25, 0.3) is 0 Å². The van der Waals surface area contributed by atoms with E-state index in [2.05, 4.69) is 0 Å². The molecule has 0 bridgehead atoms. The second-order valence-electron chi connectivity index (χ2n) is 3.82. The van der Waals surface area contributed by atoms with Crippen LogP contribution in [0.2, 0.25) is 0 Å². The number of hydrogen-bond donors (Lipinski definition) is 2. The molecule has 1 rings (SSSR count). The summed E-state index contributed by atoms with van der Waals surface area (Å²) in [5.74, 6) is 0. The summed E-state index contributed by atoms with van der Waals surface area (Å²) in [6.07, 6.45) is 1.50. The summed E-state index contributed by atoms with van der Waals surface area (Å²) in [6.45, 7) is 3.95. The number of alkyl halides is 2. The topological polar surface area (TPSA) is 40.5 Å². The molecule has 2 unspecified atom stereocenters. The quantitative estimate of drug-likeness (QED) is 0.637. The van der Waals surface area contributed by atoms with Gasteiger partial charge >= 0.3 is 0 Å². The lowest BCUT2D eigenvalue weighted by atomic mass is 9.99. The van der Waals surface area contributed by atoms with Crippen molar-refractivity contribution >= 4 is 36.9 Å². The monoisotopic (exact) mass is 294 g/mol. The Kier molecular flexibility index (Phi) is 6.19. The summed E-state index contributed by atoms with van der Waals surface area (Å²) in [5, 5.41) is 0.129. The molecule has 0 aromatic heterocycles. The van der Waals surface area contributed by atoms with Gasteiger partial charge < -0.3 is 9.79 Å². The molecule has 1 aromatic rings. The van der Waals surface area contributed by atoms with Crippen molar-refractivity contribution in [2.75, 3.05) is 0 Å². The van der Waals surface area contributed by atoms with Gasteiger partial charge in [-0.05, 0) is 30.0 Å². The van der Waals surface area contributed by atoms with Gasteiger partial charge in [0.2, 0.25) is 0 Å². The fraction of sp³-hybridized carbons (Fsp3) is 0.500. The molecule has 0 aliphatic heterocycles. The first-order valence-corrected chi connectivity index (χ1v) is 7.73. The van der Waals surface area contributed by atoms with E-state index in [1.807, 2.05) is 19.9 Å². The smallest absolute Gasteiger partial charge is 0.199 e. The van der Waals surface area contributed by atoms with Crippen LogP contribution in [0.15, 0.2) is 18.2 Å². The average Bonchev–Trinajstić information content (AvgIpc) is 2.35.